The number of benzene rings is 1. The highest BCUT2D eigenvalue weighted by atomic mass is 32.2. The van der Waals surface area contributed by atoms with Crippen molar-refractivity contribution in [1.82, 2.24) is 4.72 Å². The predicted molar refractivity (Wildman–Crippen MR) is 83.4 cm³/mol. The Morgan fingerprint density at radius 3 is 2.38 bits per heavy atom. The van der Waals surface area contributed by atoms with Gasteiger partial charge in [-0.25, -0.2) is 13.1 Å². The van der Waals surface area contributed by atoms with E-state index in [1.807, 2.05) is 20.8 Å². The average molecular weight is 315 g/mol. The first-order chi connectivity index (χ1) is 9.72. The normalized spacial score (nSPS) is 12.4. The molecule has 0 heterocycles. The van der Waals surface area contributed by atoms with Crippen LogP contribution in [0.3, 0.4) is 0 Å². The molecule has 1 N–H and O–H groups in total. The molecule has 0 unspecified atom stereocenters. The third-order valence-electron chi connectivity index (χ3n) is 3.11. The largest absolute Gasteiger partial charge is 0.496 e. The van der Waals surface area contributed by atoms with Gasteiger partial charge in [-0.2, -0.15) is 0 Å². The van der Waals surface area contributed by atoms with Crippen molar-refractivity contribution in [1.29, 1.82) is 0 Å². The second-order valence-corrected chi connectivity index (χ2v) is 7.62. The Labute approximate surface area is 127 Å². The number of hydrogen-bond donors (Lipinski definition) is 1. The van der Waals surface area contributed by atoms with Crippen molar-refractivity contribution in [3.8, 4) is 5.75 Å². The van der Waals surface area contributed by atoms with Gasteiger partial charge in [-0.1, -0.05) is 20.8 Å². The second kappa shape index (κ2) is 7.24. The first kappa shape index (κ1) is 17.9. The molecular formula is C15H25NO4S. The fourth-order valence-corrected chi connectivity index (χ4v) is 3.05. The van der Waals surface area contributed by atoms with Crippen molar-refractivity contribution in [2.45, 2.75) is 37.5 Å². The van der Waals surface area contributed by atoms with Crippen LogP contribution in [0.4, 0.5) is 0 Å². The van der Waals surface area contributed by atoms with E-state index < -0.39 is 10.0 Å². The highest BCUT2D eigenvalue weighted by Gasteiger charge is 2.22. The van der Waals surface area contributed by atoms with Gasteiger partial charge in [-0.05, 0) is 30.0 Å². The van der Waals surface area contributed by atoms with Crippen LogP contribution < -0.4 is 9.46 Å². The lowest BCUT2D eigenvalue weighted by Crippen LogP contribution is -2.26. The summed E-state index contributed by atoms with van der Waals surface area (Å²) in [4.78, 5) is 0.255. The first-order valence-corrected chi connectivity index (χ1v) is 8.38. The molecule has 0 radical (unpaired) electrons. The van der Waals surface area contributed by atoms with Crippen LogP contribution in [0.2, 0.25) is 0 Å². The first-order valence-electron chi connectivity index (χ1n) is 6.89. The molecule has 6 heteroatoms. The van der Waals surface area contributed by atoms with Crippen molar-refractivity contribution in [3.63, 3.8) is 0 Å². The molecule has 0 aromatic heterocycles. The minimum absolute atomic E-state index is 0.201. The Morgan fingerprint density at radius 1 is 1.19 bits per heavy atom. The van der Waals surface area contributed by atoms with Crippen molar-refractivity contribution < 1.29 is 17.9 Å². The lowest BCUT2D eigenvalue weighted by molar-refractivity contribution is 0.196. The molecule has 0 fully saturated rings. The van der Waals surface area contributed by atoms with Crippen LogP contribution in [0.1, 0.15) is 32.8 Å². The molecule has 0 saturated carbocycles. The minimum Gasteiger partial charge on any atom is -0.496 e. The van der Waals surface area contributed by atoms with Crippen LogP contribution in [-0.2, 0) is 20.2 Å². The summed E-state index contributed by atoms with van der Waals surface area (Å²) in [6, 6.07) is 4.94. The molecule has 120 valence electrons. The third-order valence-corrected chi connectivity index (χ3v) is 4.57. The van der Waals surface area contributed by atoms with Crippen molar-refractivity contribution in [3.05, 3.63) is 23.8 Å². The minimum atomic E-state index is -3.51. The molecule has 0 amide bonds. The summed E-state index contributed by atoms with van der Waals surface area (Å²) in [5.41, 5.74) is 0.664. The number of sulfonamides is 1. The zero-order valence-electron chi connectivity index (χ0n) is 13.4. The predicted octanol–water partition coefficient (Wildman–Crippen LogP) is 2.31. The maximum Gasteiger partial charge on any atom is 0.240 e. The summed E-state index contributed by atoms with van der Waals surface area (Å²) in [7, 11) is -0.334. The van der Waals surface area contributed by atoms with Crippen molar-refractivity contribution in [2.75, 3.05) is 27.4 Å². The van der Waals surface area contributed by atoms with E-state index in [-0.39, 0.29) is 10.3 Å². The Hall–Kier alpha value is -1.11. The Balaban J connectivity index is 3.03. The van der Waals surface area contributed by atoms with E-state index in [2.05, 4.69) is 4.72 Å². The third kappa shape index (κ3) is 4.98. The van der Waals surface area contributed by atoms with Gasteiger partial charge in [0, 0.05) is 25.8 Å². The molecule has 5 nitrogen and oxygen atoms in total. The number of hydrogen-bond acceptors (Lipinski definition) is 4. The number of ether oxygens (including phenoxy) is 2. The van der Waals surface area contributed by atoms with Crippen LogP contribution in [0, 0.1) is 0 Å². The van der Waals surface area contributed by atoms with E-state index in [1.165, 1.54) is 0 Å². The van der Waals surface area contributed by atoms with Crippen LogP contribution >= 0.6 is 0 Å². The van der Waals surface area contributed by atoms with Crippen molar-refractivity contribution >= 4 is 10.0 Å². The maximum atomic E-state index is 12.3. The number of rotatable bonds is 7. The standard InChI is InChI=1S/C15H25NO4S/c1-15(2,3)13-11-12(7-8-14(13)20-5)21(17,18)16-9-6-10-19-4/h7-8,11,16H,6,9-10H2,1-5H3. The Bertz CT molecular complexity index is 562. The molecule has 1 aromatic rings. The summed E-state index contributed by atoms with van der Waals surface area (Å²) in [6.45, 7) is 6.94. The average Bonchev–Trinajstić information content (AvgIpc) is 2.42. The van der Waals surface area contributed by atoms with Crippen molar-refractivity contribution in [2.24, 2.45) is 0 Å². The van der Waals surface area contributed by atoms with Gasteiger partial charge in [0.1, 0.15) is 5.75 Å². The van der Waals surface area contributed by atoms with Gasteiger partial charge < -0.3 is 9.47 Å². The van der Waals surface area contributed by atoms with E-state index in [9.17, 15) is 8.42 Å². The fraction of sp³-hybridized carbons (Fsp3) is 0.600. The van der Waals surface area contributed by atoms with Gasteiger partial charge in [0.2, 0.25) is 10.0 Å². The molecule has 0 aliphatic heterocycles. The SMILES string of the molecule is COCCCNS(=O)(=O)c1ccc(OC)c(C(C)(C)C)c1. The van der Waals surface area contributed by atoms with Gasteiger partial charge >= 0.3 is 0 Å². The van der Waals surface area contributed by atoms with Crippen LogP contribution in [0.5, 0.6) is 5.75 Å². The smallest absolute Gasteiger partial charge is 0.240 e. The fourth-order valence-electron chi connectivity index (χ4n) is 1.95. The highest BCUT2D eigenvalue weighted by Crippen LogP contribution is 2.33. The quantitative estimate of drug-likeness (QED) is 0.784. The molecule has 1 rings (SSSR count). The van der Waals surface area contributed by atoms with E-state index in [1.54, 1.807) is 32.4 Å². The van der Waals surface area contributed by atoms with Gasteiger partial charge in [0.15, 0.2) is 0 Å². The molecule has 0 aliphatic rings. The van der Waals surface area contributed by atoms with Gasteiger partial charge in [0.25, 0.3) is 0 Å². The number of nitrogens with one attached hydrogen (secondary N) is 1. The molecule has 0 saturated heterocycles. The molecular weight excluding hydrogens is 290 g/mol. The second-order valence-electron chi connectivity index (χ2n) is 5.86. The Morgan fingerprint density at radius 2 is 1.86 bits per heavy atom. The summed E-state index contributed by atoms with van der Waals surface area (Å²) in [6.07, 6.45) is 0.637. The van der Waals surface area contributed by atoms with Crippen LogP contribution in [0.25, 0.3) is 0 Å². The zero-order chi connectivity index (χ0) is 16.1. The highest BCUT2D eigenvalue weighted by molar-refractivity contribution is 7.89. The number of methoxy groups -OCH3 is 2. The summed E-state index contributed by atoms with van der Waals surface area (Å²) in [5, 5.41) is 0. The van der Waals surface area contributed by atoms with E-state index in [4.69, 9.17) is 9.47 Å². The summed E-state index contributed by atoms with van der Waals surface area (Å²) >= 11 is 0. The topological polar surface area (TPSA) is 64.6 Å². The zero-order valence-corrected chi connectivity index (χ0v) is 14.2. The van der Waals surface area contributed by atoms with E-state index >= 15 is 0 Å². The van der Waals surface area contributed by atoms with Crippen LogP contribution in [-0.4, -0.2) is 35.8 Å². The van der Waals surface area contributed by atoms with Gasteiger partial charge in [-0.15, -0.1) is 0 Å². The maximum absolute atomic E-state index is 12.3. The molecule has 0 atom stereocenters. The van der Waals surface area contributed by atoms with Gasteiger partial charge in [0.05, 0.1) is 12.0 Å². The molecule has 21 heavy (non-hydrogen) atoms. The molecule has 0 aliphatic carbocycles. The Kier molecular flexibility index (Phi) is 6.19. The monoisotopic (exact) mass is 315 g/mol. The van der Waals surface area contributed by atoms with E-state index in [0.29, 0.717) is 25.3 Å². The molecule has 1 aromatic carbocycles. The molecule has 0 bridgehead atoms. The lowest BCUT2D eigenvalue weighted by atomic mass is 9.86. The summed E-state index contributed by atoms with van der Waals surface area (Å²) < 4.78 is 37.4. The van der Waals surface area contributed by atoms with Gasteiger partial charge in [-0.3, -0.25) is 0 Å². The summed E-state index contributed by atoms with van der Waals surface area (Å²) in [5.74, 6) is 0.695. The van der Waals surface area contributed by atoms with Crippen LogP contribution in [0.15, 0.2) is 23.1 Å². The molecule has 0 spiro atoms. The lowest BCUT2D eigenvalue weighted by Gasteiger charge is -2.22. The van der Waals surface area contributed by atoms with E-state index in [0.717, 1.165) is 5.56 Å².